The molecule has 2 fully saturated rings. The predicted octanol–water partition coefficient (Wildman–Crippen LogP) is 7.07. The summed E-state index contributed by atoms with van der Waals surface area (Å²) in [6.45, 7) is 16.9. The van der Waals surface area contributed by atoms with Crippen molar-refractivity contribution in [3.8, 4) is 11.5 Å². The molecule has 0 heterocycles. The summed E-state index contributed by atoms with van der Waals surface area (Å²) in [7, 11) is 3.29. The van der Waals surface area contributed by atoms with Gasteiger partial charge in [-0.1, -0.05) is 46.6 Å². The fraction of sp³-hybridized carbons (Fsp3) is 0.805. The number of hydrogen-bond acceptors (Lipinski definition) is 8. The molecule has 2 aliphatic rings. The van der Waals surface area contributed by atoms with Crippen molar-refractivity contribution in [1.29, 1.82) is 0 Å². The Hall–Kier alpha value is -2.56. The van der Waals surface area contributed by atoms with E-state index >= 15 is 0 Å². The van der Waals surface area contributed by atoms with E-state index in [9.17, 15) is 19.8 Å². The summed E-state index contributed by atoms with van der Waals surface area (Å²) in [4.78, 5) is 27.0. The topological polar surface area (TPSA) is 136 Å². The van der Waals surface area contributed by atoms with Crippen LogP contribution in [-0.4, -0.2) is 79.0 Å². The Bertz CT molecular complexity index is 1230. The van der Waals surface area contributed by atoms with Crippen LogP contribution in [0.4, 0.5) is 4.79 Å². The van der Waals surface area contributed by atoms with E-state index in [1.165, 1.54) is 0 Å². The molecule has 2 saturated carbocycles. The third kappa shape index (κ3) is 13.7. The molecule has 1 aromatic rings. The molecule has 4 unspecified atom stereocenters. The zero-order chi connectivity index (χ0) is 37.9. The summed E-state index contributed by atoms with van der Waals surface area (Å²) >= 11 is 0. The normalized spacial score (nSPS) is 23.6. The maximum atomic E-state index is 13.9. The molecule has 0 aliphatic heterocycles. The van der Waals surface area contributed by atoms with Crippen LogP contribution in [-0.2, 0) is 20.7 Å². The number of carbonyl (C=O) groups is 2. The lowest BCUT2D eigenvalue weighted by Crippen LogP contribution is -2.51. The van der Waals surface area contributed by atoms with Crippen molar-refractivity contribution >= 4 is 12.0 Å². The number of benzene rings is 1. The van der Waals surface area contributed by atoms with Gasteiger partial charge in [0.25, 0.3) is 0 Å². The largest absolute Gasteiger partial charge is 0.493 e. The smallest absolute Gasteiger partial charge is 0.407 e. The van der Waals surface area contributed by atoms with Gasteiger partial charge < -0.3 is 39.8 Å². The average Bonchev–Trinajstić information content (AvgIpc) is 3.03. The molecule has 0 radical (unpaired) electrons. The maximum Gasteiger partial charge on any atom is 0.407 e. The van der Waals surface area contributed by atoms with E-state index in [0.717, 1.165) is 44.1 Å². The molecule has 0 spiro atoms. The quantitative estimate of drug-likeness (QED) is 0.112. The van der Waals surface area contributed by atoms with Gasteiger partial charge in [0.2, 0.25) is 5.91 Å². The molecule has 292 valence electrons. The Morgan fingerprint density at radius 3 is 2.31 bits per heavy atom. The molecule has 4 N–H and O–H groups in total. The summed E-state index contributed by atoms with van der Waals surface area (Å²) in [6, 6.07) is 5.22. The number of rotatable bonds is 19. The van der Waals surface area contributed by atoms with E-state index in [4.69, 9.17) is 18.9 Å². The van der Waals surface area contributed by atoms with Gasteiger partial charge in [-0.15, -0.1) is 0 Å². The number of aliphatic hydroxyl groups excluding tert-OH is 1. The average molecular weight is 719 g/mol. The molecule has 10 nitrogen and oxygen atoms in total. The van der Waals surface area contributed by atoms with E-state index in [2.05, 4.69) is 31.4 Å². The van der Waals surface area contributed by atoms with Crippen molar-refractivity contribution in [3.63, 3.8) is 0 Å². The van der Waals surface area contributed by atoms with Gasteiger partial charge in [0.1, 0.15) is 5.60 Å². The molecular formula is C41H70N2O8. The van der Waals surface area contributed by atoms with E-state index in [0.29, 0.717) is 49.9 Å². The Morgan fingerprint density at radius 2 is 1.71 bits per heavy atom. The Morgan fingerprint density at radius 1 is 0.980 bits per heavy atom. The van der Waals surface area contributed by atoms with Crippen molar-refractivity contribution in [3.05, 3.63) is 23.8 Å². The monoisotopic (exact) mass is 719 g/mol. The summed E-state index contributed by atoms with van der Waals surface area (Å²) in [5, 5.41) is 29.3. The second-order valence-electron chi connectivity index (χ2n) is 17.2. The number of carbonyl (C=O) groups excluding carboxylic acids is 2. The van der Waals surface area contributed by atoms with Crippen molar-refractivity contribution in [1.82, 2.24) is 10.6 Å². The van der Waals surface area contributed by atoms with Crippen LogP contribution < -0.4 is 20.1 Å². The van der Waals surface area contributed by atoms with Crippen molar-refractivity contribution in [2.45, 2.75) is 149 Å². The lowest BCUT2D eigenvalue weighted by atomic mass is 9.64. The fourth-order valence-electron chi connectivity index (χ4n) is 8.12. The highest BCUT2D eigenvalue weighted by atomic mass is 16.6. The lowest BCUT2D eigenvalue weighted by Gasteiger charge is -2.47. The Balaban J connectivity index is 1.77. The van der Waals surface area contributed by atoms with Crippen LogP contribution >= 0.6 is 0 Å². The molecule has 8 atom stereocenters. The van der Waals surface area contributed by atoms with Gasteiger partial charge in [-0.25, -0.2) is 4.79 Å². The summed E-state index contributed by atoms with van der Waals surface area (Å²) in [5.41, 5.74) is -0.260. The number of methoxy groups -OCH3 is 2. The van der Waals surface area contributed by atoms with E-state index in [-0.39, 0.29) is 42.0 Å². The second kappa shape index (κ2) is 19.5. The number of ether oxygens (including phenoxy) is 4. The van der Waals surface area contributed by atoms with Crippen LogP contribution in [0.1, 0.15) is 119 Å². The minimum atomic E-state index is -0.988. The van der Waals surface area contributed by atoms with E-state index in [1.807, 2.05) is 52.8 Å². The first-order valence-electron chi connectivity index (χ1n) is 19.4. The number of alkyl carbamates (subject to hydrolysis) is 1. The highest BCUT2D eigenvalue weighted by molar-refractivity contribution is 5.79. The maximum absolute atomic E-state index is 13.9. The lowest BCUT2D eigenvalue weighted by molar-refractivity contribution is -0.130. The fourth-order valence-corrected chi connectivity index (χ4v) is 8.12. The number of fused-ring (bicyclic) bond motifs is 2. The van der Waals surface area contributed by atoms with Gasteiger partial charge in [0.05, 0.1) is 31.5 Å². The molecule has 0 saturated heterocycles. The molecule has 2 aliphatic carbocycles. The molecular weight excluding hydrogens is 648 g/mol. The molecule has 2 bridgehead atoms. The van der Waals surface area contributed by atoms with Gasteiger partial charge in [-0.05, 0) is 120 Å². The first-order valence-corrected chi connectivity index (χ1v) is 19.4. The SMILES string of the molecule is COCCCOc1cc(C[C@@H](C[C@H](NC(=O)OC(C)(C)C)[C@@H](O)C[C@H](C(=O)NC(C)C2CC3CCCC(O)(C3)C2)C(C)C)C(C)C)ccc1OC. The minimum Gasteiger partial charge on any atom is -0.493 e. The highest BCUT2D eigenvalue weighted by Gasteiger charge is 2.44. The van der Waals surface area contributed by atoms with E-state index < -0.39 is 35.4 Å². The van der Waals surface area contributed by atoms with Crippen LogP contribution in [0.5, 0.6) is 11.5 Å². The molecule has 51 heavy (non-hydrogen) atoms. The second-order valence-corrected chi connectivity index (χ2v) is 17.2. The van der Waals surface area contributed by atoms with Gasteiger partial charge in [0, 0.05) is 32.1 Å². The van der Waals surface area contributed by atoms with Crippen LogP contribution in [0.15, 0.2) is 18.2 Å². The van der Waals surface area contributed by atoms with Crippen LogP contribution in [0.2, 0.25) is 0 Å². The summed E-state index contributed by atoms with van der Waals surface area (Å²) < 4.78 is 22.4. The van der Waals surface area contributed by atoms with Crippen molar-refractivity contribution < 1.29 is 38.7 Å². The first kappa shape index (κ1) is 42.8. The Kier molecular flexibility index (Phi) is 16.4. The van der Waals surface area contributed by atoms with Gasteiger partial charge in [-0.2, -0.15) is 0 Å². The van der Waals surface area contributed by atoms with Crippen molar-refractivity contribution in [2.75, 3.05) is 27.4 Å². The predicted molar refractivity (Wildman–Crippen MR) is 201 cm³/mol. The summed E-state index contributed by atoms with van der Waals surface area (Å²) in [5.74, 6) is 1.77. The van der Waals surface area contributed by atoms with Crippen LogP contribution in [0.3, 0.4) is 0 Å². The number of hydrogen-bond donors (Lipinski definition) is 4. The molecule has 10 heteroatoms. The standard InChI is InChI=1S/C41H70N2O8/c1-26(2)31(19-29-14-15-36(49-10)37(21-29)50-18-12-17-48-9)22-34(43-39(46)51-40(6,7)8)35(44)23-33(27(3)4)38(45)42-28(5)32-20-30-13-11-16-41(47,24-30)25-32/h14-15,21,26-28,30-35,44,47H,11-13,16-20,22-25H2,1-10H3,(H,42,45)(H,43,46)/t28?,30?,31-,32?,33-,34-,35-,41?/m0/s1. The number of nitrogens with one attached hydrogen (secondary N) is 2. The van der Waals surface area contributed by atoms with Gasteiger partial charge in [0.15, 0.2) is 11.5 Å². The number of aliphatic hydroxyl groups is 2. The van der Waals surface area contributed by atoms with Gasteiger partial charge in [-0.3, -0.25) is 4.79 Å². The zero-order valence-corrected chi connectivity index (χ0v) is 33.3. The first-order chi connectivity index (χ1) is 23.9. The Labute approximate surface area is 308 Å². The summed E-state index contributed by atoms with van der Waals surface area (Å²) in [6.07, 6.45) is 6.21. The third-order valence-corrected chi connectivity index (χ3v) is 11.1. The van der Waals surface area contributed by atoms with Gasteiger partial charge >= 0.3 is 6.09 Å². The zero-order valence-electron chi connectivity index (χ0n) is 33.3. The van der Waals surface area contributed by atoms with Crippen LogP contribution in [0, 0.1) is 35.5 Å². The third-order valence-electron chi connectivity index (χ3n) is 11.1. The molecule has 2 amide bonds. The molecule has 1 aromatic carbocycles. The molecule has 0 aromatic heterocycles. The van der Waals surface area contributed by atoms with Crippen LogP contribution in [0.25, 0.3) is 0 Å². The minimum absolute atomic E-state index is 0.0357. The molecule has 3 rings (SSSR count). The van der Waals surface area contributed by atoms with E-state index in [1.54, 1.807) is 14.2 Å². The van der Waals surface area contributed by atoms with Crippen molar-refractivity contribution in [2.24, 2.45) is 35.5 Å². The number of amides is 2. The highest BCUT2D eigenvalue weighted by Crippen LogP contribution is 2.46.